The van der Waals surface area contributed by atoms with Gasteiger partial charge in [0.25, 0.3) is 0 Å². The summed E-state index contributed by atoms with van der Waals surface area (Å²) in [7, 11) is 0. The van der Waals surface area contributed by atoms with Gasteiger partial charge in [-0.3, -0.25) is 0 Å². The van der Waals surface area contributed by atoms with Gasteiger partial charge in [-0.2, -0.15) is 0 Å². The molecule has 0 atom stereocenters. The van der Waals surface area contributed by atoms with Gasteiger partial charge >= 0.3 is 11.9 Å². The second-order valence-corrected chi connectivity index (χ2v) is 9.82. The van der Waals surface area contributed by atoms with E-state index in [0.29, 0.717) is 16.9 Å². The molecule has 2 aromatic rings. The monoisotopic (exact) mass is 492 g/mol. The molecule has 2 aromatic carbocycles. The normalized spacial score (nSPS) is 17.7. The van der Waals surface area contributed by atoms with Crippen molar-refractivity contribution in [1.82, 2.24) is 0 Å². The number of nitrogen functional groups attached to an aromatic ring is 2. The van der Waals surface area contributed by atoms with Crippen LogP contribution in [0, 0.1) is 5.92 Å². The van der Waals surface area contributed by atoms with E-state index in [0.717, 1.165) is 42.7 Å². The molecule has 194 valence electrons. The van der Waals surface area contributed by atoms with Crippen molar-refractivity contribution in [2.45, 2.75) is 83.8 Å². The van der Waals surface area contributed by atoms with Crippen LogP contribution in [0.1, 0.15) is 92.6 Å². The highest BCUT2D eigenvalue weighted by atomic mass is 16.5. The van der Waals surface area contributed by atoms with Crippen molar-refractivity contribution in [3.8, 4) is 0 Å². The first-order valence-corrected chi connectivity index (χ1v) is 13.2. The van der Waals surface area contributed by atoms with Gasteiger partial charge in [0, 0.05) is 17.5 Å². The Balaban J connectivity index is 1.38. The molecule has 0 saturated heterocycles. The molecule has 6 nitrogen and oxygen atoms in total. The predicted molar refractivity (Wildman–Crippen MR) is 145 cm³/mol. The van der Waals surface area contributed by atoms with Crippen molar-refractivity contribution in [3.05, 3.63) is 65.2 Å². The summed E-state index contributed by atoms with van der Waals surface area (Å²) >= 11 is 0. The van der Waals surface area contributed by atoms with E-state index < -0.39 is 5.97 Å². The van der Waals surface area contributed by atoms with E-state index in [1.807, 2.05) is 0 Å². The lowest BCUT2D eigenvalue weighted by Gasteiger charge is -2.28. The molecule has 0 radical (unpaired) electrons. The number of anilines is 2. The maximum absolute atomic E-state index is 12.6. The minimum absolute atomic E-state index is 0.0125. The Kier molecular flexibility index (Phi) is 10.9. The molecule has 4 N–H and O–H groups in total. The Labute approximate surface area is 215 Å². The van der Waals surface area contributed by atoms with Crippen molar-refractivity contribution < 1.29 is 19.1 Å². The number of ether oxygens (including phenoxy) is 2. The molecular formula is C30H40N2O4. The molecule has 1 fully saturated rings. The third kappa shape index (κ3) is 9.40. The summed E-state index contributed by atoms with van der Waals surface area (Å²) in [6.07, 6.45) is 15.2. The van der Waals surface area contributed by atoms with Crippen LogP contribution in [0.15, 0.2) is 48.5 Å². The number of carbonyl (C=O) groups is 2. The second-order valence-electron chi connectivity index (χ2n) is 9.82. The minimum Gasteiger partial charge on any atom is -0.459 e. The zero-order chi connectivity index (χ0) is 25.8. The third-order valence-corrected chi connectivity index (χ3v) is 6.76. The Morgan fingerprint density at radius 2 is 1.58 bits per heavy atom. The van der Waals surface area contributed by atoms with Crippen LogP contribution in [0.2, 0.25) is 0 Å². The lowest BCUT2D eigenvalue weighted by atomic mass is 9.84. The van der Waals surface area contributed by atoms with Crippen LogP contribution in [0.25, 0.3) is 6.08 Å². The molecule has 1 aliphatic carbocycles. The molecule has 1 aliphatic rings. The van der Waals surface area contributed by atoms with Crippen molar-refractivity contribution in [1.29, 1.82) is 0 Å². The van der Waals surface area contributed by atoms with Gasteiger partial charge in [0.05, 0.1) is 5.56 Å². The van der Waals surface area contributed by atoms with Gasteiger partial charge in [-0.1, -0.05) is 57.6 Å². The van der Waals surface area contributed by atoms with Crippen molar-refractivity contribution in [3.63, 3.8) is 0 Å². The minimum atomic E-state index is -0.476. The van der Waals surface area contributed by atoms with Crippen LogP contribution < -0.4 is 11.5 Å². The van der Waals surface area contributed by atoms with E-state index in [-0.39, 0.29) is 18.7 Å². The standard InChI is InChI=1S/C30H40N2O4/c1-2-3-4-5-6-7-22-10-15-28(16-11-22)36-30(34)25-13-8-23(9-14-25)12-17-29(33)35-21-24-18-26(31)20-27(32)19-24/h8-9,12-14,17-20,22,28H,2-7,10-11,15-16,21,31-32H2,1H3. The summed E-state index contributed by atoms with van der Waals surface area (Å²) in [5, 5.41) is 0. The largest absolute Gasteiger partial charge is 0.459 e. The Morgan fingerprint density at radius 1 is 0.917 bits per heavy atom. The number of unbranched alkanes of at least 4 members (excludes halogenated alkanes) is 4. The number of hydrogen-bond acceptors (Lipinski definition) is 6. The summed E-state index contributed by atoms with van der Waals surface area (Å²) in [6, 6.07) is 12.1. The maximum atomic E-state index is 12.6. The van der Waals surface area contributed by atoms with Gasteiger partial charge in [-0.25, -0.2) is 9.59 Å². The van der Waals surface area contributed by atoms with E-state index in [9.17, 15) is 9.59 Å². The van der Waals surface area contributed by atoms with E-state index in [1.54, 1.807) is 48.5 Å². The van der Waals surface area contributed by atoms with Gasteiger partial charge in [0.1, 0.15) is 12.7 Å². The Hall–Kier alpha value is -3.28. The summed E-state index contributed by atoms with van der Waals surface area (Å²) < 4.78 is 11.0. The average Bonchev–Trinajstić information content (AvgIpc) is 2.87. The van der Waals surface area contributed by atoms with Crippen LogP contribution in [0.4, 0.5) is 11.4 Å². The summed E-state index contributed by atoms with van der Waals surface area (Å²) in [5.41, 5.74) is 14.6. The lowest BCUT2D eigenvalue weighted by molar-refractivity contribution is -0.138. The van der Waals surface area contributed by atoms with Gasteiger partial charge in [-0.15, -0.1) is 0 Å². The Bertz CT molecular complexity index is 988. The summed E-state index contributed by atoms with van der Waals surface area (Å²) in [6.45, 7) is 2.33. The number of nitrogens with two attached hydrogens (primary N) is 2. The number of hydrogen-bond donors (Lipinski definition) is 2. The number of rotatable bonds is 12. The first-order chi connectivity index (χ1) is 17.4. The van der Waals surface area contributed by atoms with Gasteiger partial charge < -0.3 is 20.9 Å². The van der Waals surface area contributed by atoms with Crippen LogP contribution in [0.5, 0.6) is 0 Å². The zero-order valence-corrected chi connectivity index (χ0v) is 21.4. The van der Waals surface area contributed by atoms with Crippen molar-refractivity contribution in [2.75, 3.05) is 11.5 Å². The van der Waals surface area contributed by atoms with Gasteiger partial charge in [0.2, 0.25) is 0 Å². The molecule has 36 heavy (non-hydrogen) atoms. The van der Waals surface area contributed by atoms with Crippen LogP contribution in [-0.2, 0) is 20.9 Å². The average molecular weight is 493 g/mol. The second kappa shape index (κ2) is 14.3. The molecule has 3 rings (SSSR count). The highest BCUT2D eigenvalue weighted by Gasteiger charge is 2.24. The highest BCUT2D eigenvalue weighted by Crippen LogP contribution is 2.30. The summed E-state index contributed by atoms with van der Waals surface area (Å²) in [5.74, 6) is 0.0219. The van der Waals surface area contributed by atoms with Crippen molar-refractivity contribution >= 4 is 29.4 Å². The highest BCUT2D eigenvalue weighted by molar-refractivity contribution is 5.90. The fourth-order valence-electron chi connectivity index (χ4n) is 4.72. The predicted octanol–water partition coefficient (Wildman–Crippen LogP) is 6.68. The quantitative estimate of drug-likeness (QED) is 0.148. The number of carbonyl (C=O) groups excluding carboxylic acids is 2. The van der Waals surface area contributed by atoms with Gasteiger partial charge in [-0.05, 0) is 79.1 Å². The zero-order valence-electron chi connectivity index (χ0n) is 21.4. The molecule has 0 aliphatic heterocycles. The SMILES string of the molecule is CCCCCCCC1CCC(OC(=O)c2ccc(C=CC(=O)OCc3cc(N)cc(N)c3)cc2)CC1. The van der Waals surface area contributed by atoms with Crippen LogP contribution in [-0.4, -0.2) is 18.0 Å². The van der Waals surface area contributed by atoms with Gasteiger partial charge in [0.15, 0.2) is 0 Å². The maximum Gasteiger partial charge on any atom is 0.338 e. The summed E-state index contributed by atoms with van der Waals surface area (Å²) in [4.78, 5) is 24.6. The number of benzene rings is 2. The molecule has 6 heteroatoms. The first kappa shape index (κ1) is 27.3. The molecule has 0 spiro atoms. The fourth-order valence-corrected chi connectivity index (χ4v) is 4.72. The molecule has 0 amide bonds. The first-order valence-electron chi connectivity index (χ1n) is 13.2. The molecule has 0 aromatic heterocycles. The van der Waals surface area contributed by atoms with Crippen molar-refractivity contribution in [2.24, 2.45) is 5.92 Å². The van der Waals surface area contributed by atoms with E-state index >= 15 is 0 Å². The lowest BCUT2D eigenvalue weighted by Crippen LogP contribution is -2.24. The van der Waals surface area contributed by atoms with E-state index in [1.165, 1.54) is 44.6 Å². The molecule has 0 unspecified atom stereocenters. The molecule has 0 bridgehead atoms. The Morgan fingerprint density at radius 3 is 2.25 bits per heavy atom. The number of esters is 2. The molecular weight excluding hydrogens is 452 g/mol. The topological polar surface area (TPSA) is 105 Å². The van der Waals surface area contributed by atoms with Crippen LogP contribution >= 0.6 is 0 Å². The van der Waals surface area contributed by atoms with E-state index in [2.05, 4.69) is 6.92 Å². The van der Waals surface area contributed by atoms with E-state index in [4.69, 9.17) is 20.9 Å². The smallest absolute Gasteiger partial charge is 0.338 e. The third-order valence-electron chi connectivity index (χ3n) is 6.76. The fraction of sp³-hybridized carbons (Fsp3) is 0.467. The molecule has 0 heterocycles. The van der Waals surface area contributed by atoms with Crippen LogP contribution in [0.3, 0.4) is 0 Å². The molecule has 1 saturated carbocycles.